The van der Waals surface area contributed by atoms with Gasteiger partial charge in [0.15, 0.2) is 0 Å². The van der Waals surface area contributed by atoms with E-state index in [-0.39, 0.29) is 0 Å². The van der Waals surface area contributed by atoms with Gasteiger partial charge in [-0.3, -0.25) is 0 Å². The zero-order valence-electron chi connectivity index (χ0n) is 13.5. The van der Waals surface area contributed by atoms with E-state index in [9.17, 15) is 0 Å². The number of nitrogens with zero attached hydrogens (tertiary/aromatic N) is 1. The third-order valence-corrected chi connectivity index (χ3v) is 4.37. The van der Waals surface area contributed by atoms with Gasteiger partial charge in [-0.25, -0.2) is 0 Å². The number of piperidine rings is 1. The standard InChI is InChI=1S/C17H28N2O2/c1-19-10-7-14(8-11-19)6-9-18-13-15-12-16(20-2)4-5-17(15)21-3/h4-5,12,14,18H,6-11,13H2,1-3H3. The first-order chi connectivity index (χ1) is 10.2. The highest BCUT2D eigenvalue weighted by Crippen LogP contribution is 2.24. The largest absolute Gasteiger partial charge is 0.497 e. The predicted molar refractivity (Wildman–Crippen MR) is 86.1 cm³/mol. The molecule has 0 aliphatic carbocycles. The second-order valence-electron chi connectivity index (χ2n) is 5.89. The highest BCUT2D eigenvalue weighted by atomic mass is 16.5. The summed E-state index contributed by atoms with van der Waals surface area (Å²) in [5, 5.41) is 3.54. The van der Waals surface area contributed by atoms with Gasteiger partial charge in [-0.15, -0.1) is 0 Å². The van der Waals surface area contributed by atoms with Crippen LogP contribution in [0, 0.1) is 5.92 Å². The Labute approximate surface area is 128 Å². The summed E-state index contributed by atoms with van der Waals surface area (Å²) in [6.07, 6.45) is 3.93. The maximum Gasteiger partial charge on any atom is 0.123 e. The molecule has 21 heavy (non-hydrogen) atoms. The molecule has 1 aliphatic heterocycles. The van der Waals surface area contributed by atoms with Crippen molar-refractivity contribution < 1.29 is 9.47 Å². The first kappa shape index (κ1) is 16.1. The van der Waals surface area contributed by atoms with Crippen LogP contribution in [-0.4, -0.2) is 45.8 Å². The van der Waals surface area contributed by atoms with Gasteiger partial charge in [0.05, 0.1) is 14.2 Å². The Hall–Kier alpha value is -1.26. The molecule has 0 spiro atoms. The van der Waals surface area contributed by atoms with Gasteiger partial charge < -0.3 is 19.7 Å². The molecule has 1 N–H and O–H groups in total. The highest BCUT2D eigenvalue weighted by molar-refractivity contribution is 5.40. The van der Waals surface area contributed by atoms with Crippen LogP contribution in [0.4, 0.5) is 0 Å². The fourth-order valence-electron chi connectivity index (χ4n) is 2.90. The van der Waals surface area contributed by atoms with E-state index in [2.05, 4.69) is 17.3 Å². The molecular formula is C17H28N2O2. The lowest BCUT2D eigenvalue weighted by Crippen LogP contribution is -2.31. The molecule has 0 saturated carbocycles. The molecule has 1 saturated heterocycles. The van der Waals surface area contributed by atoms with Crippen molar-refractivity contribution in [1.29, 1.82) is 0 Å². The van der Waals surface area contributed by atoms with Gasteiger partial charge in [0, 0.05) is 12.1 Å². The van der Waals surface area contributed by atoms with E-state index >= 15 is 0 Å². The second kappa shape index (κ2) is 8.25. The third kappa shape index (κ3) is 4.90. The summed E-state index contributed by atoms with van der Waals surface area (Å²) in [6, 6.07) is 5.94. The molecule has 1 aliphatic rings. The number of hydrogen-bond donors (Lipinski definition) is 1. The number of likely N-dealkylation sites (tertiary alicyclic amines) is 1. The van der Waals surface area contributed by atoms with Crippen molar-refractivity contribution in [1.82, 2.24) is 10.2 Å². The van der Waals surface area contributed by atoms with Crippen LogP contribution in [0.15, 0.2) is 18.2 Å². The van der Waals surface area contributed by atoms with Gasteiger partial charge in [-0.2, -0.15) is 0 Å². The molecule has 0 bridgehead atoms. The average molecular weight is 292 g/mol. The SMILES string of the molecule is COc1ccc(OC)c(CNCCC2CCN(C)CC2)c1. The maximum absolute atomic E-state index is 5.40. The summed E-state index contributed by atoms with van der Waals surface area (Å²) >= 11 is 0. The second-order valence-corrected chi connectivity index (χ2v) is 5.89. The monoisotopic (exact) mass is 292 g/mol. The summed E-state index contributed by atoms with van der Waals surface area (Å²) in [6.45, 7) is 4.38. The summed E-state index contributed by atoms with van der Waals surface area (Å²) in [5.74, 6) is 2.67. The van der Waals surface area contributed by atoms with Crippen LogP contribution in [0.2, 0.25) is 0 Å². The molecule has 1 heterocycles. The highest BCUT2D eigenvalue weighted by Gasteiger charge is 2.15. The van der Waals surface area contributed by atoms with Crippen LogP contribution in [0.1, 0.15) is 24.8 Å². The number of rotatable bonds is 7. The molecule has 2 rings (SSSR count). The number of methoxy groups -OCH3 is 2. The number of nitrogens with one attached hydrogen (secondary N) is 1. The summed E-state index contributed by atoms with van der Waals surface area (Å²) in [5.41, 5.74) is 1.15. The molecule has 4 nitrogen and oxygen atoms in total. The quantitative estimate of drug-likeness (QED) is 0.783. The predicted octanol–water partition coefficient (Wildman–Crippen LogP) is 2.53. The lowest BCUT2D eigenvalue weighted by molar-refractivity contribution is 0.211. The van der Waals surface area contributed by atoms with Crippen LogP contribution >= 0.6 is 0 Å². The summed E-state index contributed by atoms with van der Waals surface area (Å²) in [4.78, 5) is 2.42. The molecule has 118 valence electrons. The fraction of sp³-hybridized carbons (Fsp3) is 0.647. The fourth-order valence-corrected chi connectivity index (χ4v) is 2.90. The van der Waals surface area contributed by atoms with Gasteiger partial charge in [0.1, 0.15) is 11.5 Å². The molecular weight excluding hydrogens is 264 g/mol. The summed E-state index contributed by atoms with van der Waals surface area (Å²) < 4.78 is 10.7. The molecule has 1 fully saturated rings. The Bertz CT molecular complexity index is 429. The van der Waals surface area contributed by atoms with Crippen molar-refractivity contribution in [2.45, 2.75) is 25.8 Å². The van der Waals surface area contributed by atoms with E-state index in [4.69, 9.17) is 9.47 Å². The van der Waals surface area contributed by atoms with E-state index in [1.807, 2.05) is 18.2 Å². The Kier molecular flexibility index (Phi) is 6.33. The lowest BCUT2D eigenvalue weighted by Gasteiger charge is -2.28. The minimum Gasteiger partial charge on any atom is -0.497 e. The van der Waals surface area contributed by atoms with E-state index in [0.717, 1.165) is 36.1 Å². The molecule has 1 aromatic carbocycles. The topological polar surface area (TPSA) is 33.7 Å². The molecule has 0 aromatic heterocycles. The van der Waals surface area contributed by atoms with Crippen molar-refractivity contribution in [3.05, 3.63) is 23.8 Å². The molecule has 0 amide bonds. The van der Waals surface area contributed by atoms with Crippen LogP contribution < -0.4 is 14.8 Å². The van der Waals surface area contributed by atoms with Crippen LogP contribution in [0.3, 0.4) is 0 Å². The van der Waals surface area contributed by atoms with Crippen LogP contribution in [0.5, 0.6) is 11.5 Å². The average Bonchev–Trinajstić information content (AvgIpc) is 2.53. The van der Waals surface area contributed by atoms with Crippen LogP contribution in [0.25, 0.3) is 0 Å². The smallest absolute Gasteiger partial charge is 0.123 e. The summed E-state index contributed by atoms with van der Waals surface area (Å²) in [7, 11) is 5.62. The van der Waals surface area contributed by atoms with Gasteiger partial charge in [0.2, 0.25) is 0 Å². The molecule has 0 unspecified atom stereocenters. The van der Waals surface area contributed by atoms with Crippen molar-refractivity contribution in [2.24, 2.45) is 5.92 Å². The Balaban J connectivity index is 1.75. The third-order valence-electron chi connectivity index (χ3n) is 4.37. The van der Waals surface area contributed by atoms with E-state index in [1.54, 1.807) is 14.2 Å². The molecule has 4 heteroatoms. The van der Waals surface area contributed by atoms with Gasteiger partial charge in [-0.1, -0.05) is 0 Å². The number of ether oxygens (including phenoxy) is 2. The first-order valence-corrected chi connectivity index (χ1v) is 7.83. The Morgan fingerprint density at radius 2 is 1.95 bits per heavy atom. The Morgan fingerprint density at radius 1 is 1.19 bits per heavy atom. The number of benzene rings is 1. The van der Waals surface area contributed by atoms with Crippen molar-refractivity contribution >= 4 is 0 Å². The van der Waals surface area contributed by atoms with Crippen molar-refractivity contribution in [2.75, 3.05) is 40.9 Å². The van der Waals surface area contributed by atoms with Gasteiger partial charge >= 0.3 is 0 Å². The number of hydrogen-bond acceptors (Lipinski definition) is 4. The van der Waals surface area contributed by atoms with Crippen LogP contribution in [-0.2, 0) is 6.54 Å². The zero-order chi connectivity index (χ0) is 15.1. The van der Waals surface area contributed by atoms with E-state index in [1.165, 1.54) is 32.4 Å². The molecule has 0 radical (unpaired) electrons. The van der Waals surface area contributed by atoms with Crippen molar-refractivity contribution in [3.8, 4) is 11.5 Å². The first-order valence-electron chi connectivity index (χ1n) is 7.83. The normalized spacial score (nSPS) is 16.9. The Morgan fingerprint density at radius 3 is 2.62 bits per heavy atom. The molecule has 1 aromatic rings. The maximum atomic E-state index is 5.40. The van der Waals surface area contributed by atoms with Crippen molar-refractivity contribution in [3.63, 3.8) is 0 Å². The zero-order valence-corrected chi connectivity index (χ0v) is 13.5. The van der Waals surface area contributed by atoms with Gasteiger partial charge in [-0.05, 0) is 70.1 Å². The van der Waals surface area contributed by atoms with Gasteiger partial charge in [0.25, 0.3) is 0 Å². The van der Waals surface area contributed by atoms with E-state index < -0.39 is 0 Å². The molecule has 0 atom stereocenters. The minimum atomic E-state index is 0.826. The lowest BCUT2D eigenvalue weighted by atomic mass is 9.94. The van der Waals surface area contributed by atoms with E-state index in [0.29, 0.717) is 0 Å². The minimum absolute atomic E-state index is 0.826.